The molecule has 3 rings (SSSR count). The van der Waals surface area contributed by atoms with Gasteiger partial charge in [0.15, 0.2) is 0 Å². The topological polar surface area (TPSA) is 49.4 Å². The predicted molar refractivity (Wildman–Crippen MR) is 63.2 cm³/mol. The summed E-state index contributed by atoms with van der Waals surface area (Å²) in [7, 11) is 0. The number of hydrogen-bond acceptors (Lipinski definition) is 2. The van der Waals surface area contributed by atoms with Crippen molar-refractivity contribution in [1.82, 2.24) is 10.2 Å². The van der Waals surface area contributed by atoms with E-state index in [1.54, 1.807) is 0 Å². The summed E-state index contributed by atoms with van der Waals surface area (Å²) in [5.74, 6) is 0.659. The Kier molecular flexibility index (Phi) is 2.60. The Balaban J connectivity index is 1.83. The van der Waals surface area contributed by atoms with Gasteiger partial charge in [0.2, 0.25) is 11.8 Å². The molecular formula is C13H20N2O2. The monoisotopic (exact) mass is 236 g/mol. The van der Waals surface area contributed by atoms with Crippen molar-refractivity contribution in [2.24, 2.45) is 5.92 Å². The molecule has 2 saturated carbocycles. The maximum Gasteiger partial charge on any atom is 0.246 e. The molecule has 0 aromatic heterocycles. The maximum absolute atomic E-state index is 12.5. The maximum atomic E-state index is 12.5. The van der Waals surface area contributed by atoms with E-state index < -0.39 is 0 Å². The van der Waals surface area contributed by atoms with Gasteiger partial charge in [-0.2, -0.15) is 0 Å². The van der Waals surface area contributed by atoms with Gasteiger partial charge in [-0.25, -0.2) is 0 Å². The van der Waals surface area contributed by atoms with Crippen molar-refractivity contribution in [2.75, 3.05) is 0 Å². The minimum Gasteiger partial charge on any atom is -0.342 e. The van der Waals surface area contributed by atoms with Crippen LogP contribution in [0.5, 0.6) is 0 Å². The first-order chi connectivity index (χ1) is 8.22. The van der Waals surface area contributed by atoms with E-state index in [4.69, 9.17) is 0 Å². The molecule has 17 heavy (non-hydrogen) atoms. The molecule has 1 saturated heterocycles. The number of nitrogens with zero attached hydrogens (tertiary/aromatic N) is 1. The second-order valence-electron chi connectivity index (χ2n) is 5.58. The van der Waals surface area contributed by atoms with E-state index in [1.165, 1.54) is 6.42 Å². The fourth-order valence-electron chi connectivity index (χ4n) is 2.98. The smallest absolute Gasteiger partial charge is 0.246 e. The molecule has 2 unspecified atom stereocenters. The van der Waals surface area contributed by atoms with E-state index in [-0.39, 0.29) is 23.9 Å². The number of amides is 2. The molecular weight excluding hydrogens is 216 g/mol. The molecule has 4 heteroatoms. The summed E-state index contributed by atoms with van der Waals surface area (Å²) in [5, 5.41) is 2.93. The van der Waals surface area contributed by atoms with Crippen molar-refractivity contribution in [2.45, 2.75) is 63.6 Å². The van der Waals surface area contributed by atoms with Gasteiger partial charge in [-0.3, -0.25) is 9.59 Å². The normalized spacial score (nSPS) is 34.5. The minimum atomic E-state index is -0.220. The average molecular weight is 236 g/mol. The van der Waals surface area contributed by atoms with Crippen LogP contribution < -0.4 is 5.32 Å². The Bertz CT molecular complexity index is 347. The Morgan fingerprint density at radius 2 is 1.94 bits per heavy atom. The Morgan fingerprint density at radius 1 is 1.24 bits per heavy atom. The molecule has 1 heterocycles. The highest BCUT2D eigenvalue weighted by molar-refractivity contribution is 5.97. The molecule has 3 aliphatic rings. The van der Waals surface area contributed by atoms with Gasteiger partial charge in [0.25, 0.3) is 0 Å². The van der Waals surface area contributed by atoms with Crippen LogP contribution in [0.2, 0.25) is 0 Å². The molecule has 0 aromatic carbocycles. The Hall–Kier alpha value is -1.06. The molecule has 2 atom stereocenters. The zero-order valence-corrected chi connectivity index (χ0v) is 10.3. The Labute approximate surface area is 102 Å². The fourth-order valence-corrected chi connectivity index (χ4v) is 2.98. The molecule has 0 radical (unpaired) electrons. The molecule has 2 amide bonds. The van der Waals surface area contributed by atoms with Gasteiger partial charge in [0.05, 0.1) is 0 Å². The van der Waals surface area contributed by atoms with E-state index in [0.717, 1.165) is 32.1 Å². The predicted octanol–water partition coefficient (Wildman–Crippen LogP) is 1.05. The number of rotatable bonds is 3. The zero-order valence-electron chi connectivity index (χ0n) is 10.3. The lowest BCUT2D eigenvalue weighted by Gasteiger charge is -2.46. The molecule has 1 aliphatic heterocycles. The van der Waals surface area contributed by atoms with E-state index in [0.29, 0.717) is 12.0 Å². The van der Waals surface area contributed by atoms with Crippen LogP contribution >= 0.6 is 0 Å². The van der Waals surface area contributed by atoms with Gasteiger partial charge in [-0.05, 0) is 44.4 Å². The van der Waals surface area contributed by atoms with E-state index in [1.807, 2.05) is 11.8 Å². The summed E-state index contributed by atoms with van der Waals surface area (Å²) in [5.41, 5.74) is 0. The van der Waals surface area contributed by atoms with Crippen LogP contribution in [0.4, 0.5) is 0 Å². The molecule has 3 fully saturated rings. The van der Waals surface area contributed by atoms with Gasteiger partial charge in [-0.1, -0.05) is 6.92 Å². The lowest BCUT2D eigenvalue weighted by atomic mass is 9.87. The molecule has 94 valence electrons. The van der Waals surface area contributed by atoms with Gasteiger partial charge < -0.3 is 10.2 Å². The lowest BCUT2D eigenvalue weighted by molar-refractivity contribution is -0.155. The first-order valence-corrected chi connectivity index (χ1v) is 6.85. The number of piperazine rings is 1. The third-order valence-electron chi connectivity index (χ3n) is 4.40. The molecule has 2 aliphatic carbocycles. The second-order valence-corrected chi connectivity index (χ2v) is 5.58. The summed E-state index contributed by atoms with van der Waals surface area (Å²) in [6, 6.07) is -0.103. The van der Waals surface area contributed by atoms with Crippen molar-refractivity contribution >= 4 is 11.8 Å². The van der Waals surface area contributed by atoms with Crippen molar-refractivity contribution in [1.29, 1.82) is 0 Å². The molecule has 4 nitrogen and oxygen atoms in total. The quantitative estimate of drug-likeness (QED) is 0.796. The van der Waals surface area contributed by atoms with Crippen LogP contribution in [0.1, 0.15) is 45.4 Å². The fraction of sp³-hybridized carbons (Fsp3) is 0.846. The van der Waals surface area contributed by atoms with Crippen LogP contribution in [0, 0.1) is 5.92 Å². The highest BCUT2D eigenvalue weighted by Gasteiger charge is 2.48. The van der Waals surface area contributed by atoms with E-state index >= 15 is 0 Å². The molecule has 1 N–H and O–H groups in total. The molecule has 0 bridgehead atoms. The van der Waals surface area contributed by atoms with Gasteiger partial charge in [0, 0.05) is 6.04 Å². The number of carbonyl (C=O) groups excluding carboxylic acids is 2. The summed E-state index contributed by atoms with van der Waals surface area (Å²) in [4.78, 5) is 26.4. The first-order valence-electron chi connectivity index (χ1n) is 6.85. The molecule has 0 aromatic rings. The van der Waals surface area contributed by atoms with Crippen molar-refractivity contribution in [3.05, 3.63) is 0 Å². The first kappa shape index (κ1) is 11.1. The number of hydrogen-bond donors (Lipinski definition) is 1. The van der Waals surface area contributed by atoms with Gasteiger partial charge >= 0.3 is 0 Å². The van der Waals surface area contributed by atoms with Crippen LogP contribution in [-0.4, -0.2) is 34.8 Å². The largest absolute Gasteiger partial charge is 0.342 e. The molecule has 0 spiro atoms. The van der Waals surface area contributed by atoms with Crippen molar-refractivity contribution < 1.29 is 9.59 Å². The Morgan fingerprint density at radius 3 is 2.41 bits per heavy atom. The standard InChI is InChI=1S/C13H20N2O2/c1-2-10-12(16)14-11(8-6-7-8)13(17)15(10)9-4-3-5-9/h8-11H,2-7H2,1H3,(H,14,16). The second kappa shape index (κ2) is 4.00. The van der Waals surface area contributed by atoms with Crippen LogP contribution in [0.3, 0.4) is 0 Å². The van der Waals surface area contributed by atoms with Crippen LogP contribution in [-0.2, 0) is 9.59 Å². The third kappa shape index (κ3) is 1.74. The van der Waals surface area contributed by atoms with Gasteiger partial charge in [-0.15, -0.1) is 0 Å². The number of nitrogens with one attached hydrogen (secondary N) is 1. The lowest BCUT2D eigenvalue weighted by Crippen LogP contribution is -2.67. The summed E-state index contributed by atoms with van der Waals surface area (Å²) < 4.78 is 0. The van der Waals surface area contributed by atoms with Crippen LogP contribution in [0.15, 0.2) is 0 Å². The minimum absolute atomic E-state index is 0.0656. The number of carbonyl (C=O) groups is 2. The third-order valence-corrected chi connectivity index (χ3v) is 4.40. The van der Waals surface area contributed by atoms with Gasteiger partial charge in [0.1, 0.15) is 12.1 Å². The zero-order chi connectivity index (χ0) is 12.0. The highest BCUT2D eigenvalue weighted by atomic mass is 16.2. The summed E-state index contributed by atoms with van der Waals surface area (Å²) in [6.07, 6.45) is 6.25. The summed E-state index contributed by atoms with van der Waals surface area (Å²) >= 11 is 0. The van der Waals surface area contributed by atoms with E-state index in [2.05, 4.69) is 5.32 Å². The SMILES string of the molecule is CCC1C(=O)NC(C2CC2)C(=O)N1C1CCC1. The summed E-state index contributed by atoms with van der Waals surface area (Å²) in [6.45, 7) is 1.99. The van der Waals surface area contributed by atoms with E-state index in [9.17, 15) is 9.59 Å². The van der Waals surface area contributed by atoms with Crippen molar-refractivity contribution in [3.8, 4) is 0 Å². The average Bonchev–Trinajstić information content (AvgIpc) is 3.04. The van der Waals surface area contributed by atoms with Crippen molar-refractivity contribution in [3.63, 3.8) is 0 Å². The van der Waals surface area contributed by atoms with Crippen LogP contribution in [0.25, 0.3) is 0 Å². The highest BCUT2D eigenvalue weighted by Crippen LogP contribution is 2.37.